The summed E-state index contributed by atoms with van der Waals surface area (Å²) in [5, 5.41) is 20.0. The van der Waals surface area contributed by atoms with Crippen LogP contribution < -0.4 is 5.73 Å². The standard InChI is InChI=1S/C10H10I3NO3/c11-10(12,13)9(17,5-15)7-4-2-1-3-6(7)8(14)16/h1-4,15,17H,5H2,(H2,14,16). The monoisotopic (exact) mass is 573 g/mol. The Kier molecular flexibility index (Phi) is 5.45. The lowest BCUT2D eigenvalue weighted by molar-refractivity contribution is -0.00229. The number of carbonyl (C=O) groups excluding carboxylic acids is 1. The predicted molar refractivity (Wildman–Crippen MR) is 90.7 cm³/mol. The molecule has 0 spiro atoms. The quantitative estimate of drug-likeness (QED) is 0.381. The van der Waals surface area contributed by atoms with Crippen LogP contribution in [0.4, 0.5) is 0 Å². The zero-order valence-corrected chi connectivity index (χ0v) is 15.0. The molecule has 1 aromatic rings. The van der Waals surface area contributed by atoms with Gasteiger partial charge in [0.15, 0.2) is -0.565 Å². The zero-order valence-electron chi connectivity index (χ0n) is 8.53. The number of hydrogen-bond acceptors (Lipinski definition) is 3. The summed E-state index contributed by atoms with van der Waals surface area (Å²) in [4.78, 5) is 11.3. The van der Waals surface area contributed by atoms with Crippen LogP contribution in [-0.4, -0.2) is 22.2 Å². The van der Waals surface area contributed by atoms with Crippen LogP contribution in [0.1, 0.15) is 15.9 Å². The van der Waals surface area contributed by atoms with E-state index < -0.39 is 17.6 Å². The average Bonchev–Trinajstić information content (AvgIpc) is 2.26. The largest absolute Gasteiger partial charge is 0.393 e. The molecule has 0 saturated heterocycles. The van der Waals surface area contributed by atoms with Crippen LogP contribution in [0.3, 0.4) is 0 Å². The van der Waals surface area contributed by atoms with Crippen molar-refractivity contribution in [1.82, 2.24) is 0 Å². The van der Waals surface area contributed by atoms with Gasteiger partial charge in [0.2, 0.25) is 5.91 Å². The molecular formula is C10H10I3NO3. The normalized spacial score (nSPS) is 15.4. The number of benzene rings is 1. The second kappa shape index (κ2) is 5.84. The zero-order chi connectivity index (χ0) is 13.3. The van der Waals surface area contributed by atoms with Crippen LogP contribution in [0.15, 0.2) is 24.3 Å². The molecule has 0 heterocycles. The third kappa shape index (κ3) is 3.22. The maximum atomic E-state index is 11.3. The number of halogens is 3. The van der Waals surface area contributed by atoms with E-state index in [-0.39, 0.29) is 5.56 Å². The van der Waals surface area contributed by atoms with Crippen molar-refractivity contribution in [2.75, 3.05) is 6.61 Å². The topological polar surface area (TPSA) is 83.6 Å². The van der Waals surface area contributed by atoms with E-state index >= 15 is 0 Å². The number of rotatable bonds is 4. The van der Waals surface area contributed by atoms with Gasteiger partial charge in [-0.3, -0.25) is 4.79 Å². The van der Waals surface area contributed by atoms with Crippen molar-refractivity contribution >= 4 is 73.7 Å². The van der Waals surface area contributed by atoms with Gasteiger partial charge in [0.05, 0.1) is 6.61 Å². The SMILES string of the molecule is NC(=O)c1ccccc1C(O)(CO)C(I)(I)I. The Morgan fingerprint density at radius 1 is 1.29 bits per heavy atom. The summed E-state index contributed by atoms with van der Waals surface area (Å²) in [6, 6.07) is 6.49. The highest BCUT2D eigenvalue weighted by molar-refractivity contribution is 14.3. The highest BCUT2D eigenvalue weighted by Crippen LogP contribution is 2.51. The Bertz CT molecular complexity index is 433. The maximum Gasteiger partial charge on any atom is 0.249 e. The van der Waals surface area contributed by atoms with Gasteiger partial charge in [0, 0.05) is 11.1 Å². The van der Waals surface area contributed by atoms with Crippen molar-refractivity contribution in [2.45, 2.75) is 5.04 Å². The lowest BCUT2D eigenvalue weighted by Crippen LogP contribution is -2.43. The minimum absolute atomic E-state index is 0.221. The summed E-state index contributed by atoms with van der Waals surface area (Å²) in [7, 11) is 0. The molecule has 4 N–H and O–H groups in total. The van der Waals surface area contributed by atoms with Gasteiger partial charge in [-0.05, 0) is 6.07 Å². The fourth-order valence-electron chi connectivity index (χ4n) is 1.39. The number of primary amides is 1. The van der Waals surface area contributed by atoms with Crippen LogP contribution in [-0.2, 0) is 5.60 Å². The number of hydrogen-bond donors (Lipinski definition) is 3. The molecule has 17 heavy (non-hydrogen) atoms. The molecule has 0 fully saturated rings. The minimum Gasteiger partial charge on any atom is -0.393 e. The summed E-state index contributed by atoms with van der Waals surface area (Å²) in [5.74, 6) is -0.624. The summed E-state index contributed by atoms with van der Waals surface area (Å²) in [6.07, 6.45) is 0. The molecule has 1 unspecified atom stereocenters. The first-order valence-electron chi connectivity index (χ1n) is 4.53. The highest BCUT2D eigenvalue weighted by atomic mass is 127. The first-order valence-corrected chi connectivity index (χ1v) is 7.77. The van der Waals surface area contributed by atoms with Gasteiger partial charge < -0.3 is 15.9 Å². The fraction of sp³-hybridized carbons (Fsp3) is 0.300. The van der Waals surface area contributed by atoms with Gasteiger partial charge in [-0.15, -0.1) is 0 Å². The number of nitrogens with two attached hydrogens (primary N) is 1. The van der Waals surface area contributed by atoms with E-state index in [1.54, 1.807) is 18.2 Å². The first kappa shape index (κ1) is 15.9. The summed E-state index contributed by atoms with van der Waals surface area (Å²) in [5.41, 5.74) is 4.29. The molecule has 0 aliphatic carbocycles. The molecule has 0 aliphatic heterocycles. The molecule has 0 aromatic heterocycles. The Balaban J connectivity index is 3.45. The molecule has 1 aromatic carbocycles. The van der Waals surface area contributed by atoms with Gasteiger partial charge >= 0.3 is 0 Å². The van der Waals surface area contributed by atoms with Crippen molar-refractivity contribution in [3.05, 3.63) is 35.4 Å². The molecular weight excluding hydrogens is 563 g/mol. The smallest absolute Gasteiger partial charge is 0.249 e. The van der Waals surface area contributed by atoms with E-state index in [4.69, 9.17) is 5.73 Å². The van der Waals surface area contributed by atoms with E-state index in [1.807, 2.05) is 67.8 Å². The van der Waals surface area contributed by atoms with Crippen LogP contribution in [0.5, 0.6) is 0 Å². The molecule has 94 valence electrons. The fourth-order valence-corrected chi connectivity index (χ4v) is 2.77. The molecule has 0 bridgehead atoms. The molecule has 1 rings (SSSR count). The van der Waals surface area contributed by atoms with E-state index in [0.29, 0.717) is 5.56 Å². The molecule has 0 radical (unpaired) electrons. The number of carbonyl (C=O) groups is 1. The number of amides is 1. The highest BCUT2D eigenvalue weighted by Gasteiger charge is 2.47. The molecule has 0 aliphatic rings. The van der Waals surface area contributed by atoms with E-state index in [1.165, 1.54) is 6.07 Å². The summed E-state index contributed by atoms with van der Waals surface area (Å²) < 4.78 is -0.708. The molecule has 1 atom stereocenters. The van der Waals surface area contributed by atoms with Crippen molar-refractivity contribution in [1.29, 1.82) is 0 Å². The molecule has 4 nitrogen and oxygen atoms in total. The van der Waals surface area contributed by atoms with Gasteiger partial charge in [-0.1, -0.05) is 86.0 Å². The Labute approximate surface area is 140 Å². The first-order chi connectivity index (χ1) is 7.74. The van der Waals surface area contributed by atoms with Gasteiger partial charge in [0.25, 0.3) is 0 Å². The summed E-state index contributed by atoms with van der Waals surface area (Å²) in [6.45, 7) is -0.494. The van der Waals surface area contributed by atoms with Crippen LogP contribution in [0.2, 0.25) is 0 Å². The summed E-state index contributed by atoms with van der Waals surface area (Å²) >= 11 is 6.03. The third-order valence-electron chi connectivity index (χ3n) is 2.34. The van der Waals surface area contributed by atoms with E-state index in [2.05, 4.69) is 0 Å². The van der Waals surface area contributed by atoms with Gasteiger partial charge in [0.1, 0.15) is 5.60 Å². The number of aliphatic hydroxyl groups excluding tert-OH is 1. The van der Waals surface area contributed by atoms with E-state index in [0.717, 1.165) is 0 Å². The van der Waals surface area contributed by atoms with Crippen LogP contribution >= 0.6 is 67.8 Å². The molecule has 1 amide bonds. The van der Waals surface area contributed by atoms with Crippen LogP contribution in [0.25, 0.3) is 0 Å². The van der Waals surface area contributed by atoms with Crippen molar-refractivity contribution in [2.24, 2.45) is 5.73 Å². The van der Waals surface area contributed by atoms with Crippen LogP contribution in [0, 0.1) is 0 Å². The lowest BCUT2D eigenvalue weighted by Gasteiger charge is -2.35. The predicted octanol–water partition coefficient (Wildman–Crippen LogP) is 1.92. The average molecular weight is 573 g/mol. The Morgan fingerprint density at radius 3 is 2.24 bits per heavy atom. The maximum absolute atomic E-state index is 11.3. The Hall–Kier alpha value is 0.800. The van der Waals surface area contributed by atoms with E-state index in [9.17, 15) is 15.0 Å². The lowest BCUT2D eigenvalue weighted by atomic mass is 9.92. The molecule has 7 heteroatoms. The van der Waals surface area contributed by atoms with Gasteiger partial charge in [-0.2, -0.15) is 0 Å². The third-order valence-corrected chi connectivity index (χ3v) is 5.01. The second-order valence-electron chi connectivity index (χ2n) is 3.43. The second-order valence-corrected chi connectivity index (χ2v) is 14.5. The van der Waals surface area contributed by atoms with Crippen molar-refractivity contribution in [3.63, 3.8) is 0 Å². The van der Waals surface area contributed by atoms with Crippen molar-refractivity contribution < 1.29 is 15.0 Å². The number of aliphatic hydroxyl groups is 2. The van der Waals surface area contributed by atoms with Crippen molar-refractivity contribution in [3.8, 4) is 0 Å². The molecule has 0 saturated carbocycles. The Morgan fingerprint density at radius 2 is 1.82 bits per heavy atom. The van der Waals surface area contributed by atoms with Gasteiger partial charge in [-0.25, -0.2) is 0 Å². The minimum atomic E-state index is -1.54. The number of alkyl halides is 3.